The van der Waals surface area contributed by atoms with Crippen LogP contribution in [0.1, 0.15) is 0 Å². The molecule has 0 unspecified atom stereocenters. The minimum Gasteiger partial charge on any atom is -0.461 e. The predicted octanol–water partition coefficient (Wildman–Crippen LogP) is 4.40. The van der Waals surface area contributed by atoms with E-state index >= 15 is 0 Å². The zero-order valence-electron chi connectivity index (χ0n) is 8.14. The monoisotopic (exact) mass is 326 g/mol. The van der Waals surface area contributed by atoms with E-state index in [1.807, 2.05) is 36.4 Å². The third kappa shape index (κ3) is 1.69. The normalized spacial score (nSPS) is 10.8. The average molecular weight is 326 g/mol. The van der Waals surface area contributed by atoms with Gasteiger partial charge in [-0.15, -0.1) is 0 Å². The molecular formula is C12H7IO3. The van der Waals surface area contributed by atoms with E-state index in [2.05, 4.69) is 22.6 Å². The van der Waals surface area contributed by atoms with Crippen molar-refractivity contribution in [1.29, 1.82) is 0 Å². The van der Waals surface area contributed by atoms with Gasteiger partial charge in [0.15, 0.2) is 26.8 Å². The number of furan rings is 3. The lowest BCUT2D eigenvalue weighted by molar-refractivity contribution is 0.499. The van der Waals surface area contributed by atoms with Crippen molar-refractivity contribution < 1.29 is 13.3 Å². The SMILES string of the molecule is Ic1ccc(-c2ccc(-c3ccco3)o2)o1. The fourth-order valence-corrected chi connectivity index (χ4v) is 1.89. The quantitative estimate of drug-likeness (QED) is 0.655. The van der Waals surface area contributed by atoms with Gasteiger partial charge in [0.2, 0.25) is 0 Å². The Morgan fingerprint density at radius 2 is 1.44 bits per heavy atom. The molecule has 0 N–H and O–H groups in total. The van der Waals surface area contributed by atoms with Crippen LogP contribution in [0.15, 0.2) is 55.9 Å². The highest BCUT2D eigenvalue weighted by Crippen LogP contribution is 2.29. The molecule has 0 spiro atoms. The second-order valence-electron chi connectivity index (χ2n) is 3.24. The largest absolute Gasteiger partial charge is 0.461 e. The lowest BCUT2D eigenvalue weighted by Gasteiger charge is -1.90. The summed E-state index contributed by atoms with van der Waals surface area (Å²) in [5, 5.41) is 0. The molecule has 0 aliphatic rings. The second kappa shape index (κ2) is 3.86. The molecule has 0 aliphatic carbocycles. The third-order valence-corrected chi connectivity index (χ3v) is 2.77. The van der Waals surface area contributed by atoms with E-state index in [0.29, 0.717) is 17.3 Å². The van der Waals surface area contributed by atoms with E-state index in [4.69, 9.17) is 13.3 Å². The zero-order chi connectivity index (χ0) is 11.0. The second-order valence-corrected chi connectivity index (χ2v) is 4.31. The van der Waals surface area contributed by atoms with Crippen molar-refractivity contribution in [2.45, 2.75) is 0 Å². The molecule has 3 rings (SSSR count). The summed E-state index contributed by atoms with van der Waals surface area (Å²) >= 11 is 2.12. The van der Waals surface area contributed by atoms with Crippen molar-refractivity contribution in [2.24, 2.45) is 0 Å². The molecule has 0 atom stereocenters. The standard InChI is InChI=1S/C12H7IO3/c13-12-6-5-11(16-12)10-4-3-9(15-10)8-2-1-7-14-8/h1-7H. The topological polar surface area (TPSA) is 39.4 Å². The van der Waals surface area contributed by atoms with Crippen LogP contribution in [0.4, 0.5) is 0 Å². The molecule has 0 amide bonds. The van der Waals surface area contributed by atoms with Crippen molar-refractivity contribution in [1.82, 2.24) is 0 Å². The van der Waals surface area contributed by atoms with Gasteiger partial charge in [-0.1, -0.05) is 0 Å². The molecule has 3 aromatic heterocycles. The van der Waals surface area contributed by atoms with Gasteiger partial charge in [-0.05, 0) is 59.0 Å². The number of hydrogen-bond acceptors (Lipinski definition) is 3. The maximum atomic E-state index is 5.64. The summed E-state index contributed by atoms with van der Waals surface area (Å²) in [6, 6.07) is 11.2. The Hall–Kier alpha value is -1.43. The van der Waals surface area contributed by atoms with Crippen LogP contribution in [0.2, 0.25) is 0 Å². The van der Waals surface area contributed by atoms with Crippen LogP contribution in [0.5, 0.6) is 0 Å². The first-order valence-electron chi connectivity index (χ1n) is 4.72. The average Bonchev–Trinajstić information content (AvgIpc) is 2.97. The predicted molar refractivity (Wildman–Crippen MR) is 66.8 cm³/mol. The van der Waals surface area contributed by atoms with Gasteiger partial charge in [0.05, 0.1) is 6.26 Å². The van der Waals surface area contributed by atoms with Gasteiger partial charge in [-0.3, -0.25) is 0 Å². The molecule has 0 saturated heterocycles. The van der Waals surface area contributed by atoms with E-state index in [1.54, 1.807) is 6.26 Å². The number of halogens is 1. The van der Waals surface area contributed by atoms with Crippen LogP contribution < -0.4 is 0 Å². The summed E-state index contributed by atoms with van der Waals surface area (Å²) in [7, 11) is 0. The van der Waals surface area contributed by atoms with Gasteiger partial charge in [0, 0.05) is 0 Å². The summed E-state index contributed by atoms with van der Waals surface area (Å²) in [4.78, 5) is 0. The van der Waals surface area contributed by atoms with Crippen LogP contribution in [-0.2, 0) is 0 Å². The van der Waals surface area contributed by atoms with Crippen LogP contribution in [0, 0.1) is 3.77 Å². The fraction of sp³-hybridized carbons (Fsp3) is 0. The Labute approximate surface area is 105 Å². The Morgan fingerprint density at radius 3 is 2.06 bits per heavy atom. The molecule has 3 heterocycles. The first kappa shape index (κ1) is 9.77. The van der Waals surface area contributed by atoms with Gasteiger partial charge in [-0.2, -0.15) is 0 Å². The highest BCUT2D eigenvalue weighted by molar-refractivity contribution is 14.1. The van der Waals surface area contributed by atoms with E-state index in [0.717, 1.165) is 9.53 Å². The summed E-state index contributed by atoms with van der Waals surface area (Å²) in [5.41, 5.74) is 0. The van der Waals surface area contributed by atoms with Crippen molar-refractivity contribution in [3.63, 3.8) is 0 Å². The molecule has 0 radical (unpaired) electrons. The Kier molecular flexibility index (Phi) is 2.36. The van der Waals surface area contributed by atoms with Crippen molar-refractivity contribution in [3.05, 3.63) is 46.4 Å². The van der Waals surface area contributed by atoms with E-state index in [1.165, 1.54) is 0 Å². The molecule has 80 valence electrons. The Bertz CT molecular complexity index is 589. The van der Waals surface area contributed by atoms with Crippen LogP contribution in [0.3, 0.4) is 0 Å². The van der Waals surface area contributed by atoms with E-state index < -0.39 is 0 Å². The van der Waals surface area contributed by atoms with Crippen molar-refractivity contribution >= 4 is 22.6 Å². The summed E-state index contributed by atoms with van der Waals surface area (Å²) < 4.78 is 17.2. The number of rotatable bonds is 2. The van der Waals surface area contributed by atoms with Gasteiger partial charge in [-0.25, -0.2) is 0 Å². The molecule has 0 aromatic carbocycles. The minimum atomic E-state index is 0.700. The van der Waals surface area contributed by atoms with Gasteiger partial charge < -0.3 is 13.3 Å². The highest BCUT2D eigenvalue weighted by atomic mass is 127. The maximum absolute atomic E-state index is 5.64. The van der Waals surface area contributed by atoms with Crippen molar-refractivity contribution in [2.75, 3.05) is 0 Å². The Balaban J connectivity index is 2.00. The molecule has 3 aromatic rings. The molecular weight excluding hydrogens is 319 g/mol. The van der Waals surface area contributed by atoms with E-state index in [-0.39, 0.29) is 0 Å². The minimum absolute atomic E-state index is 0.700. The fourth-order valence-electron chi connectivity index (χ4n) is 1.47. The smallest absolute Gasteiger partial charge is 0.170 e. The van der Waals surface area contributed by atoms with Gasteiger partial charge in [0.1, 0.15) is 0 Å². The van der Waals surface area contributed by atoms with Crippen LogP contribution in [0.25, 0.3) is 23.0 Å². The number of hydrogen-bond donors (Lipinski definition) is 0. The van der Waals surface area contributed by atoms with Crippen molar-refractivity contribution in [3.8, 4) is 23.0 Å². The van der Waals surface area contributed by atoms with E-state index in [9.17, 15) is 0 Å². The molecule has 4 heteroatoms. The molecule has 16 heavy (non-hydrogen) atoms. The van der Waals surface area contributed by atoms with Crippen LogP contribution >= 0.6 is 22.6 Å². The summed E-state index contributed by atoms with van der Waals surface area (Å²) in [6.45, 7) is 0. The molecule has 0 fully saturated rings. The lowest BCUT2D eigenvalue weighted by Crippen LogP contribution is -1.66. The Morgan fingerprint density at radius 1 is 0.750 bits per heavy atom. The third-order valence-electron chi connectivity index (χ3n) is 2.19. The lowest BCUT2D eigenvalue weighted by atomic mass is 10.3. The zero-order valence-corrected chi connectivity index (χ0v) is 10.3. The molecule has 0 bridgehead atoms. The first-order chi connectivity index (χ1) is 7.83. The van der Waals surface area contributed by atoms with Gasteiger partial charge in [0.25, 0.3) is 0 Å². The molecule has 0 saturated carbocycles. The maximum Gasteiger partial charge on any atom is 0.170 e. The van der Waals surface area contributed by atoms with Crippen LogP contribution in [-0.4, -0.2) is 0 Å². The highest BCUT2D eigenvalue weighted by Gasteiger charge is 2.11. The van der Waals surface area contributed by atoms with Gasteiger partial charge >= 0.3 is 0 Å². The molecule has 0 aliphatic heterocycles. The molecule has 3 nitrogen and oxygen atoms in total. The summed E-state index contributed by atoms with van der Waals surface area (Å²) in [5.74, 6) is 2.84. The summed E-state index contributed by atoms with van der Waals surface area (Å²) in [6.07, 6.45) is 1.62. The first-order valence-corrected chi connectivity index (χ1v) is 5.80.